The van der Waals surface area contributed by atoms with Crippen molar-refractivity contribution in [1.29, 1.82) is 0 Å². The number of benzene rings is 1. The Morgan fingerprint density at radius 3 is 2.69 bits per heavy atom. The number of hydrogen-bond donors (Lipinski definition) is 1. The van der Waals surface area contributed by atoms with Gasteiger partial charge in [-0.15, -0.1) is 0 Å². The highest BCUT2D eigenvalue weighted by atomic mass is 16.6. The summed E-state index contributed by atoms with van der Waals surface area (Å²) in [4.78, 5) is 15.3. The van der Waals surface area contributed by atoms with Gasteiger partial charge in [0.2, 0.25) is 0 Å². The summed E-state index contributed by atoms with van der Waals surface area (Å²) in [6, 6.07) is 7.79. The lowest BCUT2D eigenvalue weighted by Crippen LogP contribution is -2.14. The van der Waals surface area contributed by atoms with Crippen molar-refractivity contribution in [3.05, 3.63) is 35.4 Å². The van der Waals surface area contributed by atoms with Crippen LogP contribution in [0, 0.1) is 12.8 Å². The van der Waals surface area contributed by atoms with Gasteiger partial charge in [-0.25, -0.2) is 0 Å². The predicted octanol–water partition coefficient (Wildman–Crippen LogP) is 2.07. The SMILES string of the molecule is Cc1ccc(/C=N/OC[C@@H](C)C(=O)O)cc1. The summed E-state index contributed by atoms with van der Waals surface area (Å²) in [5.41, 5.74) is 2.10. The number of carboxylic acid groups (broad SMARTS) is 1. The summed E-state index contributed by atoms with van der Waals surface area (Å²) in [6.07, 6.45) is 1.56. The van der Waals surface area contributed by atoms with E-state index in [9.17, 15) is 4.79 Å². The van der Waals surface area contributed by atoms with Gasteiger partial charge >= 0.3 is 5.97 Å². The Hall–Kier alpha value is -1.84. The van der Waals surface area contributed by atoms with Gasteiger partial charge in [0.15, 0.2) is 0 Å². The van der Waals surface area contributed by atoms with Crippen LogP contribution in [-0.2, 0) is 9.63 Å². The van der Waals surface area contributed by atoms with Gasteiger partial charge in [-0.3, -0.25) is 4.79 Å². The lowest BCUT2D eigenvalue weighted by atomic mass is 10.2. The van der Waals surface area contributed by atoms with Crippen molar-refractivity contribution in [3.63, 3.8) is 0 Å². The van der Waals surface area contributed by atoms with Crippen molar-refractivity contribution in [3.8, 4) is 0 Å². The standard InChI is InChI=1S/C12H15NO3/c1-9-3-5-11(6-4-9)7-13-16-8-10(2)12(14)15/h3-7,10H,8H2,1-2H3,(H,14,15)/b13-7+/t10-/m1/s1. The number of nitrogens with zero attached hydrogens (tertiary/aromatic N) is 1. The van der Waals surface area contributed by atoms with E-state index in [1.54, 1.807) is 13.1 Å². The predicted molar refractivity (Wildman–Crippen MR) is 61.5 cm³/mol. The molecule has 0 unspecified atom stereocenters. The number of hydrogen-bond acceptors (Lipinski definition) is 3. The number of carboxylic acids is 1. The van der Waals surface area contributed by atoms with Gasteiger partial charge in [0, 0.05) is 0 Å². The van der Waals surface area contributed by atoms with E-state index < -0.39 is 11.9 Å². The fourth-order valence-corrected chi connectivity index (χ4v) is 0.977. The van der Waals surface area contributed by atoms with E-state index in [-0.39, 0.29) is 6.61 Å². The first-order valence-electron chi connectivity index (χ1n) is 5.04. The van der Waals surface area contributed by atoms with Crippen molar-refractivity contribution < 1.29 is 14.7 Å². The van der Waals surface area contributed by atoms with E-state index in [1.807, 2.05) is 31.2 Å². The largest absolute Gasteiger partial charge is 0.481 e. The first-order valence-corrected chi connectivity index (χ1v) is 5.04. The Morgan fingerprint density at radius 1 is 1.50 bits per heavy atom. The molecule has 0 saturated carbocycles. The van der Waals surface area contributed by atoms with Gasteiger partial charge in [0.1, 0.15) is 6.61 Å². The normalized spacial score (nSPS) is 12.6. The van der Waals surface area contributed by atoms with Gasteiger partial charge in [0.05, 0.1) is 12.1 Å². The first kappa shape index (κ1) is 12.2. The van der Waals surface area contributed by atoms with E-state index in [0.29, 0.717) is 0 Å². The molecule has 0 aliphatic heterocycles. The molecule has 0 aromatic heterocycles. The molecule has 4 heteroatoms. The van der Waals surface area contributed by atoms with E-state index in [2.05, 4.69) is 5.16 Å². The third-order valence-corrected chi connectivity index (χ3v) is 2.10. The highest BCUT2D eigenvalue weighted by molar-refractivity contribution is 5.79. The molecule has 0 spiro atoms. The first-order chi connectivity index (χ1) is 7.59. The average Bonchev–Trinajstić information content (AvgIpc) is 2.26. The number of aryl methyl sites for hydroxylation is 1. The van der Waals surface area contributed by atoms with Crippen LogP contribution >= 0.6 is 0 Å². The maximum absolute atomic E-state index is 10.5. The monoisotopic (exact) mass is 221 g/mol. The van der Waals surface area contributed by atoms with Crippen molar-refractivity contribution in [2.24, 2.45) is 11.1 Å². The third kappa shape index (κ3) is 4.13. The second-order valence-electron chi connectivity index (χ2n) is 3.68. The molecule has 0 bridgehead atoms. The molecule has 0 aliphatic carbocycles. The molecule has 1 aromatic carbocycles. The van der Waals surface area contributed by atoms with Crippen molar-refractivity contribution in [2.45, 2.75) is 13.8 Å². The summed E-state index contributed by atoms with van der Waals surface area (Å²) >= 11 is 0. The van der Waals surface area contributed by atoms with E-state index >= 15 is 0 Å². The molecule has 1 aromatic rings. The van der Waals surface area contributed by atoms with E-state index in [0.717, 1.165) is 5.56 Å². The Kier molecular flexibility index (Phi) is 4.51. The number of carbonyl (C=O) groups is 1. The molecule has 0 radical (unpaired) electrons. The van der Waals surface area contributed by atoms with Crippen LogP contribution in [0.5, 0.6) is 0 Å². The number of rotatable bonds is 5. The fraction of sp³-hybridized carbons (Fsp3) is 0.333. The molecule has 1 N–H and O–H groups in total. The number of aliphatic carboxylic acids is 1. The molecule has 0 saturated heterocycles. The van der Waals surface area contributed by atoms with Gasteiger partial charge in [-0.1, -0.05) is 35.0 Å². The number of oxime groups is 1. The van der Waals surface area contributed by atoms with Crippen LogP contribution in [-0.4, -0.2) is 23.9 Å². The van der Waals surface area contributed by atoms with Gasteiger partial charge in [-0.05, 0) is 19.4 Å². The summed E-state index contributed by atoms with van der Waals surface area (Å²) in [5.74, 6) is -1.43. The highest BCUT2D eigenvalue weighted by Crippen LogP contribution is 2.01. The van der Waals surface area contributed by atoms with Crippen LogP contribution in [0.3, 0.4) is 0 Å². The summed E-state index contributed by atoms with van der Waals surface area (Å²) in [6.45, 7) is 3.66. The second-order valence-corrected chi connectivity index (χ2v) is 3.68. The van der Waals surface area contributed by atoms with Crippen molar-refractivity contribution in [1.82, 2.24) is 0 Å². The fourth-order valence-electron chi connectivity index (χ4n) is 0.977. The topological polar surface area (TPSA) is 58.9 Å². The smallest absolute Gasteiger partial charge is 0.309 e. The van der Waals surface area contributed by atoms with Gasteiger partial charge < -0.3 is 9.94 Å². The maximum Gasteiger partial charge on any atom is 0.309 e. The summed E-state index contributed by atoms with van der Waals surface area (Å²) in [5, 5.41) is 12.3. The Bertz CT molecular complexity index is 370. The molecule has 0 heterocycles. The molecule has 1 rings (SSSR count). The molecule has 0 aliphatic rings. The van der Waals surface area contributed by atoms with Crippen LogP contribution < -0.4 is 0 Å². The minimum atomic E-state index is -0.884. The zero-order chi connectivity index (χ0) is 12.0. The van der Waals surface area contributed by atoms with Gasteiger partial charge in [0.25, 0.3) is 0 Å². The molecule has 86 valence electrons. The zero-order valence-corrected chi connectivity index (χ0v) is 9.38. The van der Waals surface area contributed by atoms with Crippen LogP contribution in [0.25, 0.3) is 0 Å². The minimum absolute atomic E-state index is 0.0810. The molecule has 0 fully saturated rings. The maximum atomic E-state index is 10.5. The summed E-state index contributed by atoms with van der Waals surface area (Å²) < 4.78 is 0. The zero-order valence-electron chi connectivity index (χ0n) is 9.38. The quantitative estimate of drug-likeness (QED) is 0.611. The molecule has 0 amide bonds. The molecule has 1 atom stereocenters. The van der Waals surface area contributed by atoms with Crippen LogP contribution in [0.2, 0.25) is 0 Å². The second kappa shape index (κ2) is 5.90. The Morgan fingerprint density at radius 2 is 2.12 bits per heavy atom. The Balaban J connectivity index is 2.37. The lowest BCUT2D eigenvalue weighted by molar-refractivity contribution is -0.143. The average molecular weight is 221 g/mol. The van der Waals surface area contributed by atoms with Crippen LogP contribution in [0.1, 0.15) is 18.1 Å². The minimum Gasteiger partial charge on any atom is -0.481 e. The molecular formula is C12H15NO3. The summed E-state index contributed by atoms with van der Waals surface area (Å²) in [7, 11) is 0. The molecule has 16 heavy (non-hydrogen) atoms. The van der Waals surface area contributed by atoms with Crippen LogP contribution in [0.4, 0.5) is 0 Å². The third-order valence-electron chi connectivity index (χ3n) is 2.10. The van der Waals surface area contributed by atoms with E-state index in [4.69, 9.17) is 9.94 Å². The van der Waals surface area contributed by atoms with Gasteiger partial charge in [-0.2, -0.15) is 0 Å². The van der Waals surface area contributed by atoms with Crippen molar-refractivity contribution >= 4 is 12.2 Å². The highest BCUT2D eigenvalue weighted by Gasteiger charge is 2.10. The van der Waals surface area contributed by atoms with Crippen molar-refractivity contribution in [2.75, 3.05) is 6.61 Å². The molecular weight excluding hydrogens is 206 g/mol. The van der Waals surface area contributed by atoms with E-state index in [1.165, 1.54) is 5.56 Å². The Labute approximate surface area is 94.5 Å². The lowest BCUT2D eigenvalue weighted by Gasteiger charge is -2.02. The molecule has 4 nitrogen and oxygen atoms in total. The van der Waals surface area contributed by atoms with Crippen LogP contribution in [0.15, 0.2) is 29.4 Å².